The molecule has 2 rings (SSSR count). The molecule has 0 aliphatic heterocycles. The molecule has 0 saturated heterocycles. The summed E-state index contributed by atoms with van der Waals surface area (Å²) in [7, 11) is 0. The molecule has 22 heavy (non-hydrogen) atoms. The van der Waals surface area contributed by atoms with Crippen molar-refractivity contribution in [3.8, 4) is 5.75 Å². The van der Waals surface area contributed by atoms with Gasteiger partial charge >= 0.3 is 0 Å². The molecule has 0 aliphatic rings. The van der Waals surface area contributed by atoms with Crippen molar-refractivity contribution in [1.82, 2.24) is 4.98 Å². The molecule has 1 aromatic heterocycles. The van der Waals surface area contributed by atoms with Crippen molar-refractivity contribution in [2.75, 3.05) is 5.32 Å². The Morgan fingerprint density at radius 3 is 2.77 bits per heavy atom. The molecule has 9 heteroatoms. The summed E-state index contributed by atoms with van der Waals surface area (Å²) in [5.74, 6) is -2.09. The van der Waals surface area contributed by atoms with Gasteiger partial charge in [0.1, 0.15) is 12.0 Å². The van der Waals surface area contributed by atoms with E-state index in [-0.39, 0.29) is 23.6 Å². The number of amides is 1. The first-order valence-electron chi connectivity index (χ1n) is 6.04. The number of hydrogen-bond donors (Lipinski definition) is 3. The fraction of sp³-hybridized carbons (Fsp3) is 0.0769. The maximum absolute atomic E-state index is 13.2. The fourth-order valence-corrected chi connectivity index (χ4v) is 1.73. The van der Waals surface area contributed by atoms with Crippen LogP contribution in [0.2, 0.25) is 0 Å². The first-order valence-corrected chi connectivity index (χ1v) is 6.04. The van der Waals surface area contributed by atoms with Gasteiger partial charge in [0, 0.05) is 12.6 Å². The van der Waals surface area contributed by atoms with Gasteiger partial charge in [0.05, 0.1) is 10.5 Å². The normalized spacial score (nSPS) is 10.2. The van der Waals surface area contributed by atoms with Gasteiger partial charge in [-0.1, -0.05) is 6.07 Å². The highest BCUT2D eigenvalue weighted by atomic mass is 19.1. The maximum Gasteiger partial charge on any atom is 0.288 e. The molecule has 0 fully saturated rings. The summed E-state index contributed by atoms with van der Waals surface area (Å²) >= 11 is 0. The van der Waals surface area contributed by atoms with E-state index in [1.54, 1.807) is 0 Å². The number of nitrogens with two attached hydrogens (primary N) is 1. The Kier molecular flexibility index (Phi) is 4.16. The van der Waals surface area contributed by atoms with Crippen LogP contribution in [0.5, 0.6) is 5.75 Å². The van der Waals surface area contributed by atoms with Crippen LogP contribution in [0.3, 0.4) is 0 Å². The lowest BCUT2D eigenvalue weighted by atomic mass is 10.2. The standard InChI is InChI=1S/C13H11FN4O4/c14-10-3-7(1-2-11(10)19)5-16-13-9(12(15)20)4-8(6-17-13)18(21)22/h1-4,6,19H,5H2,(H2,15,20)(H,16,17). The van der Waals surface area contributed by atoms with Gasteiger partial charge in [-0.05, 0) is 17.7 Å². The van der Waals surface area contributed by atoms with Crippen LogP contribution in [0.1, 0.15) is 15.9 Å². The number of aromatic hydroxyl groups is 1. The monoisotopic (exact) mass is 306 g/mol. The Morgan fingerprint density at radius 2 is 2.18 bits per heavy atom. The number of pyridine rings is 1. The number of nitrogens with one attached hydrogen (secondary N) is 1. The third-order valence-corrected chi connectivity index (χ3v) is 2.82. The van der Waals surface area contributed by atoms with Crippen LogP contribution < -0.4 is 11.1 Å². The number of benzene rings is 1. The molecule has 8 nitrogen and oxygen atoms in total. The number of aromatic nitrogens is 1. The van der Waals surface area contributed by atoms with E-state index in [9.17, 15) is 19.3 Å². The van der Waals surface area contributed by atoms with Crippen molar-refractivity contribution in [3.05, 3.63) is 57.5 Å². The molecule has 2 aromatic rings. The molecule has 0 bridgehead atoms. The highest BCUT2D eigenvalue weighted by Gasteiger charge is 2.16. The minimum atomic E-state index is -0.879. The number of primary amides is 1. The predicted octanol–water partition coefficient (Wildman–Crippen LogP) is 1.55. The average Bonchev–Trinajstić information content (AvgIpc) is 2.48. The van der Waals surface area contributed by atoms with E-state index in [1.807, 2.05) is 0 Å². The van der Waals surface area contributed by atoms with Gasteiger partial charge in [-0.25, -0.2) is 9.37 Å². The van der Waals surface area contributed by atoms with Gasteiger partial charge < -0.3 is 16.2 Å². The number of phenolic OH excluding ortho intramolecular Hbond substituents is 1. The van der Waals surface area contributed by atoms with Crippen LogP contribution in [0.4, 0.5) is 15.9 Å². The molecule has 1 amide bonds. The van der Waals surface area contributed by atoms with E-state index >= 15 is 0 Å². The number of rotatable bonds is 5. The van der Waals surface area contributed by atoms with Gasteiger partial charge in [-0.3, -0.25) is 14.9 Å². The number of hydrogen-bond acceptors (Lipinski definition) is 6. The Labute approximate surface area is 123 Å². The predicted molar refractivity (Wildman–Crippen MR) is 74.8 cm³/mol. The van der Waals surface area contributed by atoms with Crippen molar-refractivity contribution in [2.45, 2.75) is 6.54 Å². The maximum atomic E-state index is 13.2. The summed E-state index contributed by atoms with van der Waals surface area (Å²) in [5, 5.41) is 22.5. The van der Waals surface area contributed by atoms with E-state index in [0.29, 0.717) is 5.56 Å². The molecule has 1 aromatic carbocycles. The molecule has 0 saturated carbocycles. The first kappa shape index (κ1) is 15.2. The molecule has 0 aliphatic carbocycles. The minimum absolute atomic E-state index is 0.0478. The number of nitro groups is 1. The smallest absolute Gasteiger partial charge is 0.288 e. The zero-order valence-corrected chi connectivity index (χ0v) is 11.1. The second-order valence-electron chi connectivity index (χ2n) is 4.35. The lowest BCUT2D eigenvalue weighted by Gasteiger charge is -2.09. The van der Waals surface area contributed by atoms with Crippen molar-refractivity contribution in [3.63, 3.8) is 0 Å². The highest BCUT2D eigenvalue weighted by molar-refractivity contribution is 5.98. The topological polar surface area (TPSA) is 131 Å². The number of carbonyl (C=O) groups excluding carboxylic acids is 1. The lowest BCUT2D eigenvalue weighted by Crippen LogP contribution is -2.16. The van der Waals surface area contributed by atoms with Gasteiger partial charge in [-0.15, -0.1) is 0 Å². The van der Waals surface area contributed by atoms with Gasteiger partial charge in [-0.2, -0.15) is 0 Å². The van der Waals surface area contributed by atoms with Crippen molar-refractivity contribution >= 4 is 17.4 Å². The number of anilines is 1. The third-order valence-electron chi connectivity index (χ3n) is 2.82. The number of phenols is 1. The number of carbonyl (C=O) groups is 1. The van der Waals surface area contributed by atoms with E-state index < -0.39 is 22.4 Å². The first-order chi connectivity index (χ1) is 10.4. The molecule has 4 N–H and O–H groups in total. The molecular formula is C13H11FN4O4. The molecule has 0 atom stereocenters. The molecule has 0 radical (unpaired) electrons. The number of halogens is 1. The average molecular weight is 306 g/mol. The SMILES string of the molecule is NC(=O)c1cc([N+](=O)[O-])cnc1NCc1ccc(O)c(F)c1. The summed E-state index contributed by atoms with van der Waals surface area (Å²) in [6.45, 7) is 0.0856. The summed E-state index contributed by atoms with van der Waals surface area (Å²) in [6, 6.07) is 4.78. The lowest BCUT2D eigenvalue weighted by molar-refractivity contribution is -0.385. The van der Waals surface area contributed by atoms with E-state index in [1.165, 1.54) is 12.1 Å². The Bertz CT molecular complexity index is 751. The van der Waals surface area contributed by atoms with Crippen molar-refractivity contribution in [1.29, 1.82) is 0 Å². The Morgan fingerprint density at radius 1 is 1.45 bits per heavy atom. The summed E-state index contributed by atoms with van der Waals surface area (Å²) in [4.78, 5) is 25.1. The second-order valence-corrected chi connectivity index (χ2v) is 4.35. The highest BCUT2D eigenvalue weighted by Crippen LogP contribution is 2.20. The van der Waals surface area contributed by atoms with E-state index in [4.69, 9.17) is 10.8 Å². The van der Waals surface area contributed by atoms with Crippen molar-refractivity contribution < 1.29 is 19.2 Å². The van der Waals surface area contributed by atoms with E-state index in [2.05, 4.69) is 10.3 Å². The minimum Gasteiger partial charge on any atom is -0.505 e. The van der Waals surface area contributed by atoms with Crippen LogP contribution in [0.15, 0.2) is 30.5 Å². The summed E-state index contributed by atoms with van der Waals surface area (Å²) < 4.78 is 13.2. The van der Waals surface area contributed by atoms with Gasteiger partial charge in [0.15, 0.2) is 11.6 Å². The molecular weight excluding hydrogens is 295 g/mol. The zero-order valence-electron chi connectivity index (χ0n) is 11.1. The molecule has 1 heterocycles. The zero-order chi connectivity index (χ0) is 16.3. The molecule has 0 unspecified atom stereocenters. The largest absolute Gasteiger partial charge is 0.505 e. The van der Waals surface area contributed by atoms with Crippen LogP contribution >= 0.6 is 0 Å². The Balaban J connectivity index is 2.23. The van der Waals surface area contributed by atoms with Gasteiger partial charge in [0.2, 0.25) is 0 Å². The van der Waals surface area contributed by atoms with Gasteiger partial charge in [0.25, 0.3) is 11.6 Å². The summed E-state index contributed by atoms with van der Waals surface area (Å²) in [6.07, 6.45) is 0.978. The van der Waals surface area contributed by atoms with E-state index in [0.717, 1.165) is 18.3 Å². The van der Waals surface area contributed by atoms with Crippen LogP contribution in [0, 0.1) is 15.9 Å². The third kappa shape index (κ3) is 3.26. The van der Waals surface area contributed by atoms with Crippen molar-refractivity contribution in [2.24, 2.45) is 5.73 Å². The Hall–Kier alpha value is -3.23. The summed E-state index contributed by atoms with van der Waals surface area (Å²) in [5.41, 5.74) is 5.13. The van der Waals surface area contributed by atoms with Crippen LogP contribution in [-0.2, 0) is 6.54 Å². The van der Waals surface area contributed by atoms with Crippen LogP contribution in [0.25, 0.3) is 0 Å². The second kappa shape index (κ2) is 6.04. The molecule has 114 valence electrons. The quantitative estimate of drug-likeness (QED) is 0.567. The fourth-order valence-electron chi connectivity index (χ4n) is 1.73. The number of nitrogens with zero attached hydrogens (tertiary/aromatic N) is 2. The molecule has 0 spiro atoms. The van der Waals surface area contributed by atoms with Crippen LogP contribution in [-0.4, -0.2) is 20.9 Å².